The van der Waals surface area contributed by atoms with Crippen LogP contribution in [0.25, 0.3) is 0 Å². The van der Waals surface area contributed by atoms with E-state index >= 15 is 0 Å². The van der Waals surface area contributed by atoms with Crippen molar-refractivity contribution in [3.8, 4) is 0 Å². The minimum absolute atomic E-state index is 0.0729. The fourth-order valence-corrected chi connectivity index (χ4v) is 9.53. The fraction of sp³-hybridized carbons (Fsp3) is 0.636. The number of likely N-dealkylation sites (tertiary alicyclic amines) is 3. The van der Waals surface area contributed by atoms with Gasteiger partial charge in [0.25, 0.3) is 0 Å². The predicted octanol–water partition coefficient (Wildman–Crippen LogP) is 6.41. The van der Waals surface area contributed by atoms with Crippen molar-refractivity contribution in [2.75, 3.05) is 46.3 Å². The number of nitrogens with one attached hydrogen (secondary N) is 2. The lowest BCUT2D eigenvalue weighted by Gasteiger charge is -2.41. The van der Waals surface area contributed by atoms with E-state index in [-0.39, 0.29) is 24.0 Å². The van der Waals surface area contributed by atoms with E-state index in [1.165, 1.54) is 16.7 Å². The van der Waals surface area contributed by atoms with Crippen molar-refractivity contribution < 1.29 is 9.59 Å². The number of rotatable bonds is 4. The molecule has 0 aromatic heterocycles. The van der Waals surface area contributed by atoms with Crippen LogP contribution in [0.3, 0.4) is 0 Å². The predicted molar refractivity (Wildman–Crippen MR) is 179 cm³/mol. The van der Waals surface area contributed by atoms with E-state index in [2.05, 4.69) is 77.7 Å². The third-order valence-electron chi connectivity index (χ3n) is 10.5. The van der Waals surface area contributed by atoms with Crippen molar-refractivity contribution in [1.82, 2.24) is 25.3 Å². The second-order valence-electron chi connectivity index (χ2n) is 13.3. The van der Waals surface area contributed by atoms with E-state index in [1.54, 1.807) is 0 Å². The van der Waals surface area contributed by atoms with Crippen LogP contribution in [-0.4, -0.2) is 85.0 Å². The standard InChI is InChI=1S/C33H44Br2ClN5O2/c1-39-10-8-27(9-11-39)38-33(43)41-12-4-21(5-13-41)16-29(42)40-14-6-22(7-15-40)31-30-23(18-26(36)19-28(30)35)2-3-24-17-25(34)20-37-32(24)31/h17-22,27,31-32,37H,2-16H2,1H3,(H,38,43). The summed E-state index contributed by atoms with van der Waals surface area (Å²) >= 11 is 14.1. The van der Waals surface area contributed by atoms with Crippen LogP contribution in [0, 0.1) is 11.8 Å². The molecule has 5 aliphatic rings. The number of allylic oxidation sites excluding steroid dienone is 2. The molecule has 3 fully saturated rings. The Morgan fingerprint density at radius 1 is 0.953 bits per heavy atom. The molecule has 2 N–H and O–H groups in total. The Bertz CT molecular complexity index is 1260. The number of nitrogens with zero attached hydrogens (tertiary/aromatic N) is 3. The van der Waals surface area contributed by atoms with Gasteiger partial charge in [-0.15, -0.1) is 0 Å². The highest BCUT2D eigenvalue weighted by molar-refractivity contribution is 9.12. The summed E-state index contributed by atoms with van der Waals surface area (Å²) in [6.07, 6.45) is 12.8. The number of halogens is 3. The van der Waals surface area contributed by atoms with Crippen molar-refractivity contribution >= 4 is 55.4 Å². The highest BCUT2D eigenvalue weighted by Crippen LogP contribution is 2.47. The van der Waals surface area contributed by atoms with Gasteiger partial charge in [0.1, 0.15) is 0 Å². The highest BCUT2D eigenvalue weighted by Gasteiger charge is 2.40. The van der Waals surface area contributed by atoms with Crippen LogP contribution in [-0.2, 0) is 11.2 Å². The van der Waals surface area contributed by atoms with Crippen molar-refractivity contribution in [3.63, 3.8) is 0 Å². The summed E-state index contributed by atoms with van der Waals surface area (Å²) < 4.78 is 2.19. The van der Waals surface area contributed by atoms with Gasteiger partial charge in [-0.2, -0.15) is 0 Å². The Morgan fingerprint density at radius 2 is 1.65 bits per heavy atom. The van der Waals surface area contributed by atoms with Crippen LogP contribution >= 0.6 is 43.5 Å². The minimum Gasteiger partial charge on any atom is -0.383 e. The molecule has 1 aliphatic carbocycles. The minimum atomic E-state index is 0.0729. The SMILES string of the molecule is CN1CCC(NC(=O)N2CCC(CC(=O)N3CCC(C4c5c(Br)cc(Cl)cc5CCC5=CC(Br)=CNC54)CC3)CC2)CC1. The smallest absolute Gasteiger partial charge is 0.317 e. The number of aryl methyl sites for hydroxylation is 1. The van der Waals surface area contributed by atoms with Crippen LogP contribution in [0.15, 0.2) is 38.9 Å². The Morgan fingerprint density at radius 3 is 2.37 bits per heavy atom. The maximum Gasteiger partial charge on any atom is 0.317 e. The van der Waals surface area contributed by atoms with Gasteiger partial charge in [-0.05, 0) is 134 Å². The number of dihydropyridines is 1. The Kier molecular flexibility index (Phi) is 10.1. The quantitative estimate of drug-likeness (QED) is 0.375. The zero-order chi connectivity index (χ0) is 30.1. The van der Waals surface area contributed by atoms with Gasteiger partial charge in [0.15, 0.2) is 0 Å². The second kappa shape index (κ2) is 13.8. The van der Waals surface area contributed by atoms with E-state index in [1.807, 2.05) is 11.0 Å². The molecule has 4 heterocycles. The number of carbonyl (C=O) groups is 2. The molecule has 3 amide bonds. The number of hydrogen-bond acceptors (Lipinski definition) is 4. The lowest BCUT2D eigenvalue weighted by atomic mass is 9.73. The maximum absolute atomic E-state index is 13.4. The summed E-state index contributed by atoms with van der Waals surface area (Å²) in [6.45, 7) is 5.18. The molecule has 43 heavy (non-hydrogen) atoms. The van der Waals surface area contributed by atoms with Gasteiger partial charge in [0, 0.05) is 64.7 Å². The van der Waals surface area contributed by atoms with E-state index in [9.17, 15) is 9.59 Å². The molecule has 1 aromatic rings. The monoisotopic (exact) mass is 735 g/mol. The normalized spacial score (nSPS) is 26.0. The molecule has 7 nitrogen and oxygen atoms in total. The highest BCUT2D eigenvalue weighted by atomic mass is 79.9. The number of carbonyl (C=O) groups excluding carboxylic acids is 2. The lowest BCUT2D eigenvalue weighted by Crippen LogP contribution is -2.50. The van der Waals surface area contributed by atoms with Crippen molar-refractivity contribution in [2.24, 2.45) is 11.8 Å². The third kappa shape index (κ3) is 7.31. The first-order valence-corrected chi connectivity index (χ1v) is 18.0. The van der Waals surface area contributed by atoms with Crippen LogP contribution < -0.4 is 10.6 Å². The van der Waals surface area contributed by atoms with E-state index < -0.39 is 0 Å². The first-order chi connectivity index (χ1) is 20.7. The summed E-state index contributed by atoms with van der Waals surface area (Å²) in [6, 6.07) is 4.79. The number of fused-ring (bicyclic) bond motifs is 2. The molecule has 0 bridgehead atoms. The van der Waals surface area contributed by atoms with E-state index in [4.69, 9.17) is 11.6 Å². The van der Waals surface area contributed by atoms with Crippen molar-refractivity contribution in [2.45, 2.75) is 75.8 Å². The molecule has 0 saturated carbocycles. The Labute approximate surface area is 278 Å². The zero-order valence-electron chi connectivity index (χ0n) is 25.1. The first-order valence-electron chi connectivity index (χ1n) is 16.1. The van der Waals surface area contributed by atoms with Crippen molar-refractivity contribution in [3.05, 3.63) is 55.1 Å². The Balaban J connectivity index is 1.03. The van der Waals surface area contributed by atoms with E-state index in [0.717, 1.165) is 105 Å². The van der Waals surface area contributed by atoms with Crippen LogP contribution in [0.2, 0.25) is 5.02 Å². The fourth-order valence-electron chi connectivity index (χ4n) is 7.96. The lowest BCUT2D eigenvalue weighted by molar-refractivity contribution is -0.134. The maximum atomic E-state index is 13.4. The van der Waals surface area contributed by atoms with Crippen molar-refractivity contribution in [1.29, 1.82) is 0 Å². The number of urea groups is 1. The molecule has 0 spiro atoms. The topological polar surface area (TPSA) is 67.9 Å². The van der Waals surface area contributed by atoms with Gasteiger partial charge in [-0.1, -0.05) is 27.5 Å². The third-order valence-corrected chi connectivity index (χ3v) is 11.8. The molecule has 1 aromatic carbocycles. The van der Waals surface area contributed by atoms with Gasteiger partial charge in [0.2, 0.25) is 5.91 Å². The number of hydrogen-bond donors (Lipinski definition) is 2. The number of amides is 3. The van der Waals surface area contributed by atoms with Gasteiger partial charge in [-0.25, -0.2) is 4.79 Å². The summed E-state index contributed by atoms with van der Waals surface area (Å²) in [5, 5.41) is 7.74. The summed E-state index contributed by atoms with van der Waals surface area (Å²) in [5.41, 5.74) is 4.15. The molecule has 10 heteroatoms. The van der Waals surface area contributed by atoms with Gasteiger partial charge in [-0.3, -0.25) is 4.79 Å². The molecule has 3 saturated heterocycles. The average Bonchev–Trinajstić information content (AvgIpc) is 3.15. The van der Waals surface area contributed by atoms with E-state index in [0.29, 0.717) is 24.2 Å². The van der Waals surface area contributed by atoms with Crippen LogP contribution in [0.4, 0.5) is 4.79 Å². The number of benzene rings is 1. The molecular formula is C33H44Br2ClN5O2. The van der Waals surface area contributed by atoms with Crippen LogP contribution in [0.5, 0.6) is 0 Å². The molecule has 6 rings (SSSR count). The summed E-state index contributed by atoms with van der Waals surface area (Å²) in [7, 11) is 2.14. The molecule has 2 atom stereocenters. The zero-order valence-corrected chi connectivity index (χ0v) is 29.0. The van der Waals surface area contributed by atoms with Gasteiger partial charge in [0.05, 0.1) is 6.04 Å². The molecule has 234 valence electrons. The largest absolute Gasteiger partial charge is 0.383 e. The first kappa shape index (κ1) is 31.4. The molecule has 4 aliphatic heterocycles. The number of piperidine rings is 3. The summed E-state index contributed by atoms with van der Waals surface area (Å²) in [5.74, 6) is 1.42. The Hall–Kier alpha value is -1.55. The second-order valence-corrected chi connectivity index (χ2v) is 15.5. The molecule has 0 radical (unpaired) electrons. The van der Waals surface area contributed by atoms with Gasteiger partial charge < -0.3 is 25.3 Å². The molecule has 2 unspecified atom stereocenters. The average molecular weight is 738 g/mol. The van der Waals surface area contributed by atoms with Gasteiger partial charge >= 0.3 is 6.03 Å². The summed E-state index contributed by atoms with van der Waals surface area (Å²) in [4.78, 5) is 32.6. The molecular weight excluding hydrogens is 694 g/mol. The van der Waals surface area contributed by atoms with Crippen LogP contribution in [0.1, 0.15) is 68.4 Å².